The van der Waals surface area contributed by atoms with E-state index >= 15 is 0 Å². The highest BCUT2D eigenvalue weighted by Crippen LogP contribution is 2.30. The van der Waals surface area contributed by atoms with Crippen LogP contribution < -0.4 is 10.6 Å². The zero-order chi connectivity index (χ0) is 16.4. The molecule has 2 aromatic carbocycles. The Bertz CT molecular complexity index is 710. The van der Waals surface area contributed by atoms with Crippen molar-refractivity contribution in [1.29, 1.82) is 0 Å². The molecule has 2 N–H and O–H groups in total. The van der Waals surface area contributed by atoms with E-state index in [2.05, 4.69) is 32.0 Å². The number of nitrogens with zero attached hydrogens (tertiary/aromatic N) is 1. The normalized spacial score (nSPS) is 13.4. The molecule has 128 valence electrons. The Balaban J connectivity index is 0.00000208. The molecule has 0 aliphatic carbocycles. The molecule has 1 heterocycles. The van der Waals surface area contributed by atoms with Crippen molar-refractivity contribution in [3.05, 3.63) is 59.2 Å². The molecule has 0 radical (unpaired) electrons. The number of benzene rings is 2. The molecule has 0 atom stereocenters. The van der Waals surface area contributed by atoms with Gasteiger partial charge in [0.15, 0.2) is 0 Å². The third-order valence-corrected chi connectivity index (χ3v) is 4.52. The number of rotatable bonds is 3. The number of anilines is 2. The van der Waals surface area contributed by atoms with Crippen molar-refractivity contribution < 1.29 is 4.79 Å². The molecule has 0 unspecified atom stereocenters. The number of fused-ring (bicyclic) bond motifs is 1. The van der Waals surface area contributed by atoms with Crippen molar-refractivity contribution in [3.8, 4) is 0 Å². The summed E-state index contributed by atoms with van der Waals surface area (Å²) in [5, 5.41) is 0. The molecule has 3 nitrogen and oxygen atoms in total. The summed E-state index contributed by atoms with van der Waals surface area (Å²) in [6.45, 7) is 5.21. The van der Waals surface area contributed by atoms with Crippen molar-refractivity contribution in [1.82, 2.24) is 0 Å². The molecule has 0 bridgehead atoms. The second-order valence-corrected chi connectivity index (χ2v) is 6.61. The minimum atomic E-state index is 0. The number of hydrogen-bond acceptors (Lipinski definition) is 2. The Morgan fingerprint density at radius 1 is 1.17 bits per heavy atom. The van der Waals surface area contributed by atoms with E-state index in [1.165, 1.54) is 11.1 Å². The van der Waals surface area contributed by atoms with Crippen LogP contribution in [0.1, 0.15) is 42.9 Å². The quantitative estimate of drug-likeness (QED) is 0.842. The molecule has 3 rings (SSSR count). The van der Waals surface area contributed by atoms with Gasteiger partial charge in [-0.05, 0) is 53.6 Å². The number of hydrogen-bond donors (Lipinski definition) is 1. The number of halogens is 1. The van der Waals surface area contributed by atoms with Gasteiger partial charge in [-0.25, -0.2) is 0 Å². The van der Waals surface area contributed by atoms with E-state index in [-0.39, 0.29) is 18.3 Å². The number of amides is 1. The summed E-state index contributed by atoms with van der Waals surface area (Å²) < 4.78 is 0. The third-order valence-electron chi connectivity index (χ3n) is 4.52. The molecular formula is C20H25ClN2O. The van der Waals surface area contributed by atoms with Crippen molar-refractivity contribution in [2.75, 3.05) is 17.2 Å². The van der Waals surface area contributed by atoms with E-state index in [0.717, 1.165) is 36.3 Å². The number of aryl methyl sites for hydroxylation is 1. The number of nitrogens with two attached hydrogens (primary N) is 1. The first-order chi connectivity index (χ1) is 11.0. The summed E-state index contributed by atoms with van der Waals surface area (Å²) >= 11 is 0. The predicted octanol–water partition coefficient (Wildman–Crippen LogP) is 4.34. The summed E-state index contributed by atoms with van der Waals surface area (Å²) in [6.07, 6.45) is 2.51. The van der Waals surface area contributed by atoms with Gasteiger partial charge >= 0.3 is 0 Å². The molecular weight excluding hydrogens is 320 g/mol. The maximum Gasteiger partial charge on any atom is 0.231 e. The van der Waals surface area contributed by atoms with Gasteiger partial charge in [-0.2, -0.15) is 0 Å². The number of nitrogen functional groups attached to an aromatic ring is 1. The average Bonchev–Trinajstić information content (AvgIpc) is 2.55. The molecule has 24 heavy (non-hydrogen) atoms. The van der Waals surface area contributed by atoms with E-state index in [9.17, 15) is 4.79 Å². The first-order valence-corrected chi connectivity index (χ1v) is 8.32. The highest BCUT2D eigenvalue weighted by molar-refractivity contribution is 5.96. The van der Waals surface area contributed by atoms with E-state index in [0.29, 0.717) is 12.3 Å². The molecule has 1 amide bonds. The number of carbonyl (C=O) groups excluding carboxylic acids is 1. The highest BCUT2D eigenvalue weighted by atomic mass is 35.5. The van der Waals surface area contributed by atoms with Crippen LogP contribution in [0.5, 0.6) is 0 Å². The van der Waals surface area contributed by atoms with Crippen LogP contribution in [0.25, 0.3) is 0 Å². The van der Waals surface area contributed by atoms with Crippen molar-refractivity contribution >= 4 is 29.7 Å². The summed E-state index contributed by atoms with van der Waals surface area (Å²) in [5.74, 6) is 0.675. The predicted molar refractivity (Wildman–Crippen MR) is 103 cm³/mol. The van der Waals surface area contributed by atoms with E-state index in [1.54, 1.807) is 0 Å². The minimum absolute atomic E-state index is 0. The van der Waals surface area contributed by atoms with Gasteiger partial charge in [-0.1, -0.05) is 38.1 Å². The molecule has 4 heteroatoms. The van der Waals surface area contributed by atoms with Gasteiger partial charge in [-0.3, -0.25) is 4.79 Å². The van der Waals surface area contributed by atoms with Crippen molar-refractivity contribution in [3.63, 3.8) is 0 Å². The maximum absolute atomic E-state index is 12.7. The van der Waals surface area contributed by atoms with Crippen molar-refractivity contribution in [2.45, 2.75) is 39.0 Å². The fraction of sp³-hybridized carbons (Fsp3) is 0.350. The lowest BCUT2D eigenvalue weighted by molar-refractivity contribution is -0.118. The van der Waals surface area contributed by atoms with Crippen LogP contribution in [-0.4, -0.2) is 12.5 Å². The topological polar surface area (TPSA) is 46.3 Å². The van der Waals surface area contributed by atoms with Crippen LogP contribution in [-0.2, 0) is 17.6 Å². The van der Waals surface area contributed by atoms with Crippen LogP contribution in [0.2, 0.25) is 0 Å². The Kier molecular flexibility index (Phi) is 5.89. The summed E-state index contributed by atoms with van der Waals surface area (Å²) in [6, 6.07) is 14.1. The first kappa shape index (κ1) is 18.3. The van der Waals surface area contributed by atoms with Gasteiger partial charge in [0, 0.05) is 17.9 Å². The van der Waals surface area contributed by atoms with Gasteiger partial charge in [0.05, 0.1) is 6.42 Å². The van der Waals surface area contributed by atoms with Gasteiger partial charge < -0.3 is 10.6 Å². The zero-order valence-electron chi connectivity index (χ0n) is 14.3. The lowest BCUT2D eigenvalue weighted by Crippen LogP contribution is -2.36. The molecule has 0 fully saturated rings. The monoisotopic (exact) mass is 344 g/mol. The summed E-state index contributed by atoms with van der Waals surface area (Å²) in [5.41, 5.74) is 11.2. The fourth-order valence-electron chi connectivity index (χ4n) is 3.14. The molecule has 0 aromatic heterocycles. The van der Waals surface area contributed by atoms with E-state index in [4.69, 9.17) is 5.73 Å². The van der Waals surface area contributed by atoms with Gasteiger partial charge in [0.25, 0.3) is 0 Å². The molecule has 0 saturated carbocycles. The van der Waals surface area contributed by atoms with Crippen LogP contribution in [0.3, 0.4) is 0 Å². The second kappa shape index (κ2) is 7.71. The summed E-state index contributed by atoms with van der Waals surface area (Å²) in [7, 11) is 0. The Hall–Kier alpha value is -2.00. The third kappa shape index (κ3) is 3.90. The molecule has 2 aromatic rings. The van der Waals surface area contributed by atoms with Crippen LogP contribution in [0, 0.1) is 0 Å². The SMILES string of the molecule is CC(C)c1ccc2c(c1)CCCN2C(=O)Cc1ccc(N)cc1.Cl. The lowest BCUT2D eigenvalue weighted by atomic mass is 9.94. The van der Waals surface area contributed by atoms with Crippen LogP contribution in [0.15, 0.2) is 42.5 Å². The maximum atomic E-state index is 12.7. The lowest BCUT2D eigenvalue weighted by Gasteiger charge is -2.30. The molecule has 0 spiro atoms. The smallest absolute Gasteiger partial charge is 0.231 e. The van der Waals surface area contributed by atoms with E-state index < -0.39 is 0 Å². The van der Waals surface area contributed by atoms with Gasteiger partial charge in [0.1, 0.15) is 0 Å². The Labute approximate surface area is 150 Å². The largest absolute Gasteiger partial charge is 0.399 e. The van der Waals surface area contributed by atoms with Gasteiger partial charge in [0.2, 0.25) is 5.91 Å². The Morgan fingerprint density at radius 2 is 1.88 bits per heavy atom. The van der Waals surface area contributed by atoms with Crippen LogP contribution >= 0.6 is 12.4 Å². The molecule has 1 aliphatic rings. The van der Waals surface area contributed by atoms with Crippen LogP contribution in [0.4, 0.5) is 11.4 Å². The second-order valence-electron chi connectivity index (χ2n) is 6.61. The summed E-state index contributed by atoms with van der Waals surface area (Å²) in [4.78, 5) is 14.7. The standard InChI is InChI=1S/C20H24N2O.ClH/c1-14(2)16-7-10-19-17(13-16)4-3-11-22(19)20(23)12-15-5-8-18(21)9-6-15;/h5-10,13-14H,3-4,11-12,21H2,1-2H3;1H. The fourth-order valence-corrected chi connectivity index (χ4v) is 3.14. The Morgan fingerprint density at radius 3 is 2.54 bits per heavy atom. The first-order valence-electron chi connectivity index (χ1n) is 8.32. The molecule has 1 aliphatic heterocycles. The van der Waals surface area contributed by atoms with E-state index in [1.807, 2.05) is 29.2 Å². The minimum Gasteiger partial charge on any atom is -0.399 e. The highest BCUT2D eigenvalue weighted by Gasteiger charge is 2.23. The van der Waals surface area contributed by atoms with Gasteiger partial charge in [-0.15, -0.1) is 12.4 Å². The zero-order valence-corrected chi connectivity index (χ0v) is 15.1. The average molecular weight is 345 g/mol. The van der Waals surface area contributed by atoms with Crippen molar-refractivity contribution in [2.24, 2.45) is 0 Å². The number of carbonyl (C=O) groups is 1. The molecule has 0 saturated heterocycles.